The van der Waals surface area contributed by atoms with E-state index in [2.05, 4.69) is 31.9 Å². The molecule has 0 radical (unpaired) electrons. The van der Waals surface area contributed by atoms with Crippen molar-refractivity contribution in [2.75, 3.05) is 0 Å². The SMILES string of the molecule is O=C1c2ccccc2Sc2ccc(Br)cc2C1Br. The third-order valence-electron chi connectivity index (χ3n) is 2.85. The largest absolute Gasteiger partial charge is 0.292 e. The summed E-state index contributed by atoms with van der Waals surface area (Å²) in [4.78, 5) is 14.3. The highest BCUT2D eigenvalue weighted by atomic mass is 79.9. The van der Waals surface area contributed by atoms with Gasteiger partial charge in [0, 0.05) is 19.8 Å². The minimum atomic E-state index is -0.277. The average Bonchev–Trinajstić information content (AvgIpc) is 2.48. The normalized spacial score (nSPS) is 17.9. The van der Waals surface area contributed by atoms with Crippen LogP contribution in [0.4, 0.5) is 0 Å². The quantitative estimate of drug-likeness (QED) is 0.579. The van der Waals surface area contributed by atoms with Gasteiger partial charge in [-0.05, 0) is 29.8 Å². The van der Waals surface area contributed by atoms with Gasteiger partial charge in [0.05, 0.1) is 0 Å². The number of ketones is 1. The van der Waals surface area contributed by atoms with Crippen LogP contribution < -0.4 is 0 Å². The van der Waals surface area contributed by atoms with E-state index >= 15 is 0 Å². The molecular weight excluding hydrogens is 376 g/mol. The molecule has 1 nitrogen and oxygen atoms in total. The number of alkyl halides is 1. The fourth-order valence-corrected chi connectivity index (χ4v) is 4.21. The highest BCUT2D eigenvalue weighted by Gasteiger charge is 2.27. The maximum Gasteiger partial charge on any atom is 0.182 e. The first-order chi connectivity index (χ1) is 8.66. The smallest absolute Gasteiger partial charge is 0.182 e. The molecule has 1 aliphatic rings. The van der Waals surface area contributed by atoms with Crippen LogP contribution in [0.2, 0.25) is 0 Å². The summed E-state index contributed by atoms with van der Waals surface area (Å²) in [5.41, 5.74) is 1.81. The minimum Gasteiger partial charge on any atom is -0.292 e. The summed E-state index contributed by atoms with van der Waals surface area (Å²) >= 11 is 8.63. The predicted octanol–water partition coefficient (Wildman–Crippen LogP) is 5.23. The Morgan fingerprint density at radius 1 is 1.06 bits per heavy atom. The monoisotopic (exact) mass is 382 g/mol. The third-order valence-corrected chi connectivity index (χ3v) is 5.42. The summed E-state index contributed by atoms with van der Waals surface area (Å²) in [6.45, 7) is 0. The Labute approximate surface area is 126 Å². The molecule has 0 fully saturated rings. The molecule has 0 amide bonds. The van der Waals surface area contributed by atoms with Crippen molar-refractivity contribution in [2.45, 2.75) is 14.6 Å². The maximum absolute atomic E-state index is 12.4. The van der Waals surface area contributed by atoms with Gasteiger partial charge in [0.1, 0.15) is 4.83 Å². The Morgan fingerprint density at radius 3 is 2.67 bits per heavy atom. The highest BCUT2D eigenvalue weighted by molar-refractivity contribution is 9.10. The van der Waals surface area contributed by atoms with Crippen LogP contribution in [0, 0.1) is 0 Å². The van der Waals surface area contributed by atoms with Crippen molar-refractivity contribution in [3.8, 4) is 0 Å². The van der Waals surface area contributed by atoms with E-state index < -0.39 is 0 Å². The number of carbonyl (C=O) groups is 1. The minimum absolute atomic E-state index is 0.120. The second-order valence-electron chi connectivity index (χ2n) is 4.01. The first-order valence-electron chi connectivity index (χ1n) is 5.41. The van der Waals surface area contributed by atoms with Crippen LogP contribution in [-0.2, 0) is 0 Å². The number of benzene rings is 2. The Hall–Kier alpha value is -0.580. The van der Waals surface area contributed by atoms with Gasteiger partial charge in [-0.1, -0.05) is 61.8 Å². The molecule has 0 aliphatic carbocycles. The molecule has 0 bridgehead atoms. The van der Waals surface area contributed by atoms with Crippen molar-refractivity contribution in [1.82, 2.24) is 0 Å². The van der Waals surface area contributed by atoms with Crippen LogP contribution in [0.15, 0.2) is 56.7 Å². The molecule has 2 aromatic rings. The van der Waals surface area contributed by atoms with Gasteiger partial charge in [0.15, 0.2) is 5.78 Å². The van der Waals surface area contributed by atoms with Gasteiger partial charge in [-0.25, -0.2) is 0 Å². The van der Waals surface area contributed by atoms with Gasteiger partial charge in [0.2, 0.25) is 0 Å². The zero-order valence-corrected chi connectivity index (χ0v) is 13.2. The van der Waals surface area contributed by atoms with Gasteiger partial charge >= 0.3 is 0 Å². The molecule has 3 rings (SSSR count). The Kier molecular flexibility index (Phi) is 3.34. The molecule has 0 spiro atoms. The highest BCUT2D eigenvalue weighted by Crippen LogP contribution is 2.44. The number of halogens is 2. The van der Waals surface area contributed by atoms with Gasteiger partial charge in [-0.2, -0.15) is 0 Å². The molecule has 0 aromatic heterocycles. The molecular formula is C14H8Br2OS. The summed E-state index contributed by atoms with van der Waals surface area (Å²) in [5.74, 6) is 0.120. The van der Waals surface area contributed by atoms with E-state index in [0.717, 1.165) is 25.4 Å². The average molecular weight is 384 g/mol. The Balaban J connectivity index is 2.23. The zero-order chi connectivity index (χ0) is 12.7. The first-order valence-corrected chi connectivity index (χ1v) is 7.94. The van der Waals surface area contributed by atoms with Crippen LogP contribution in [0.1, 0.15) is 20.7 Å². The summed E-state index contributed by atoms with van der Waals surface area (Å²) in [6.07, 6.45) is 0. The lowest BCUT2D eigenvalue weighted by Gasteiger charge is -2.09. The van der Waals surface area contributed by atoms with Gasteiger partial charge < -0.3 is 0 Å². The number of hydrogen-bond acceptors (Lipinski definition) is 2. The summed E-state index contributed by atoms with van der Waals surface area (Å²) < 4.78 is 0.991. The van der Waals surface area contributed by atoms with Crippen molar-refractivity contribution in [3.63, 3.8) is 0 Å². The second-order valence-corrected chi connectivity index (χ2v) is 6.92. The predicted molar refractivity (Wildman–Crippen MR) is 80.7 cm³/mol. The molecule has 18 heavy (non-hydrogen) atoms. The summed E-state index contributed by atoms with van der Waals surface area (Å²) in [5, 5.41) is 0. The lowest BCUT2D eigenvalue weighted by molar-refractivity contribution is 0.0988. The molecule has 1 unspecified atom stereocenters. The molecule has 1 aliphatic heterocycles. The van der Waals surface area contributed by atoms with Crippen LogP contribution in [0.3, 0.4) is 0 Å². The van der Waals surface area contributed by atoms with Gasteiger partial charge in [-0.3, -0.25) is 4.79 Å². The Morgan fingerprint density at radius 2 is 1.83 bits per heavy atom. The number of Topliss-reactive ketones (excluding diaryl/α,β-unsaturated/α-hetero) is 1. The van der Waals surface area contributed by atoms with E-state index in [0.29, 0.717) is 0 Å². The maximum atomic E-state index is 12.4. The number of hydrogen-bond donors (Lipinski definition) is 0. The fourth-order valence-electron chi connectivity index (χ4n) is 1.97. The number of rotatable bonds is 0. The van der Waals surface area contributed by atoms with Crippen LogP contribution in [0.5, 0.6) is 0 Å². The van der Waals surface area contributed by atoms with E-state index in [-0.39, 0.29) is 10.6 Å². The molecule has 90 valence electrons. The topological polar surface area (TPSA) is 17.1 Å². The van der Waals surface area contributed by atoms with Crippen molar-refractivity contribution < 1.29 is 4.79 Å². The molecule has 0 N–H and O–H groups in total. The van der Waals surface area contributed by atoms with Gasteiger partial charge in [0.25, 0.3) is 0 Å². The standard InChI is InChI=1S/C14H8Br2OS/c15-8-5-6-12-10(7-8)13(16)14(17)9-3-1-2-4-11(9)18-12/h1-7,13H. The Bertz CT molecular complexity index is 639. The summed E-state index contributed by atoms with van der Waals surface area (Å²) in [6, 6.07) is 13.8. The van der Waals surface area contributed by atoms with Crippen molar-refractivity contribution in [2.24, 2.45) is 0 Å². The zero-order valence-electron chi connectivity index (χ0n) is 9.19. The second kappa shape index (κ2) is 4.83. The molecule has 1 atom stereocenters. The van der Waals surface area contributed by atoms with E-state index in [9.17, 15) is 4.79 Å². The molecule has 0 saturated heterocycles. The first kappa shape index (κ1) is 12.5. The fraction of sp³-hybridized carbons (Fsp3) is 0.0714. The lowest BCUT2D eigenvalue weighted by Crippen LogP contribution is -2.06. The van der Waals surface area contributed by atoms with Gasteiger partial charge in [-0.15, -0.1) is 0 Å². The van der Waals surface area contributed by atoms with E-state index in [1.165, 1.54) is 0 Å². The summed E-state index contributed by atoms with van der Waals surface area (Å²) in [7, 11) is 0. The van der Waals surface area contributed by atoms with E-state index in [1.807, 2.05) is 42.5 Å². The molecule has 1 heterocycles. The molecule has 4 heteroatoms. The lowest BCUT2D eigenvalue weighted by atomic mass is 10.0. The van der Waals surface area contributed by atoms with Crippen LogP contribution in [0.25, 0.3) is 0 Å². The van der Waals surface area contributed by atoms with Crippen LogP contribution >= 0.6 is 43.6 Å². The van der Waals surface area contributed by atoms with Crippen molar-refractivity contribution >= 4 is 49.4 Å². The number of fused-ring (bicyclic) bond motifs is 2. The van der Waals surface area contributed by atoms with Crippen LogP contribution in [-0.4, -0.2) is 5.78 Å². The molecule has 2 aromatic carbocycles. The van der Waals surface area contributed by atoms with E-state index in [1.54, 1.807) is 11.8 Å². The third kappa shape index (κ3) is 2.06. The van der Waals surface area contributed by atoms with Crippen molar-refractivity contribution in [3.05, 3.63) is 58.1 Å². The van der Waals surface area contributed by atoms with E-state index in [4.69, 9.17) is 0 Å². The molecule has 0 saturated carbocycles. The number of carbonyl (C=O) groups excluding carboxylic acids is 1. The van der Waals surface area contributed by atoms with Crippen molar-refractivity contribution in [1.29, 1.82) is 0 Å².